The number of rotatable bonds is 1. The van der Waals surface area contributed by atoms with Crippen LogP contribution in [0, 0.1) is 0 Å². The van der Waals surface area contributed by atoms with Gasteiger partial charge in [-0.05, 0) is 26.0 Å². The first-order chi connectivity index (χ1) is 7.81. The van der Waals surface area contributed by atoms with Gasteiger partial charge in [-0.3, -0.25) is 0 Å². The van der Waals surface area contributed by atoms with E-state index >= 15 is 0 Å². The van der Waals surface area contributed by atoms with Gasteiger partial charge in [0.1, 0.15) is 5.76 Å². The molecule has 0 amide bonds. The molecule has 0 aliphatic carbocycles. The Hall–Kier alpha value is -1.72. The van der Waals surface area contributed by atoms with Crippen molar-refractivity contribution in [2.75, 3.05) is 0 Å². The number of carbonyl (C=O) groups is 1. The normalized spacial score (nSPS) is 25.7. The van der Waals surface area contributed by atoms with Gasteiger partial charge in [0.05, 0.1) is 5.57 Å². The largest absolute Gasteiger partial charge is 0.478 e. The molecule has 0 aromatic rings. The predicted molar refractivity (Wildman–Crippen MR) is 54.2 cm³/mol. The van der Waals surface area contributed by atoms with Crippen LogP contribution in [-0.4, -0.2) is 23.4 Å². The molecule has 0 spiro atoms. The van der Waals surface area contributed by atoms with E-state index in [9.17, 15) is 18.0 Å². The molecule has 3 nitrogen and oxygen atoms in total. The summed E-state index contributed by atoms with van der Waals surface area (Å²) in [6, 6.07) is 0. The molecule has 94 valence electrons. The number of ether oxygens (including phenoxy) is 1. The Bertz CT molecular complexity index is 416. The van der Waals surface area contributed by atoms with Crippen molar-refractivity contribution in [3.63, 3.8) is 0 Å². The molecular formula is C11H11F3O3. The number of halogens is 3. The first-order valence-corrected chi connectivity index (χ1v) is 4.82. The SMILES string of the molecule is C/C=C1/C=C(C(=O)O)C(C(F)(F)F)O/C1=C/C. The third-order valence-electron chi connectivity index (χ3n) is 2.24. The van der Waals surface area contributed by atoms with Crippen LogP contribution in [0.5, 0.6) is 0 Å². The van der Waals surface area contributed by atoms with Gasteiger partial charge in [-0.1, -0.05) is 6.08 Å². The first-order valence-electron chi connectivity index (χ1n) is 4.82. The lowest BCUT2D eigenvalue weighted by Crippen LogP contribution is -2.38. The minimum Gasteiger partial charge on any atom is -0.478 e. The molecule has 0 bridgehead atoms. The molecule has 1 unspecified atom stereocenters. The van der Waals surface area contributed by atoms with Crippen LogP contribution < -0.4 is 0 Å². The standard InChI is InChI=1S/C11H11F3O3/c1-3-6-5-7(10(15)16)9(11(12,13)14)17-8(6)4-2/h3-5,9H,1-2H3,(H,15,16)/b6-3-,8-4+. The Morgan fingerprint density at radius 3 is 2.35 bits per heavy atom. The Balaban J connectivity index is 3.30. The van der Waals surface area contributed by atoms with E-state index in [0.717, 1.165) is 6.08 Å². The Morgan fingerprint density at radius 2 is 2.00 bits per heavy atom. The van der Waals surface area contributed by atoms with Gasteiger partial charge in [0.25, 0.3) is 0 Å². The smallest absolute Gasteiger partial charge is 0.430 e. The van der Waals surface area contributed by atoms with Crippen molar-refractivity contribution < 1.29 is 27.8 Å². The number of hydrogen-bond donors (Lipinski definition) is 1. The van der Waals surface area contributed by atoms with Gasteiger partial charge in [-0.2, -0.15) is 13.2 Å². The van der Waals surface area contributed by atoms with E-state index in [2.05, 4.69) is 0 Å². The number of carboxylic acid groups (broad SMARTS) is 1. The summed E-state index contributed by atoms with van der Waals surface area (Å²) in [5.41, 5.74) is -0.485. The Morgan fingerprint density at radius 1 is 1.41 bits per heavy atom. The van der Waals surface area contributed by atoms with Crippen LogP contribution in [0.15, 0.2) is 35.1 Å². The fourth-order valence-electron chi connectivity index (χ4n) is 1.45. The second-order valence-electron chi connectivity index (χ2n) is 3.34. The van der Waals surface area contributed by atoms with Gasteiger partial charge in [0.2, 0.25) is 6.10 Å². The third-order valence-corrected chi connectivity index (χ3v) is 2.24. The molecule has 1 aliphatic rings. The maximum atomic E-state index is 12.6. The Kier molecular flexibility index (Phi) is 3.65. The summed E-state index contributed by atoms with van der Waals surface area (Å²) in [6.45, 7) is 3.11. The number of hydrogen-bond acceptors (Lipinski definition) is 2. The summed E-state index contributed by atoms with van der Waals surface area (Å²) < 4.78 is 42.5. The zero-order chi connectivity index (χ0) is 13.2. The van der Waals surface area contributed by atoms with Crippen LogP contribution >= 0.6 is 0 Å². The molecule has 1 atom stereocenters. The molecule has 0 aromatic carbocycles. The van der Waals surface area contributed by atoms with Crippen molar-refractivity contribution in [1.29, 1.82) is 0 Å². The number of carboxylic acids is 1. The lowest BCUT2D eigenvalue weighted by atomic mass is 10.0. The van der Waals surface area contributed by atoms with E-state index in [1.54, 1.807) is 6.92 Å². The maximum Gasteiger partial charge on any atom is 0.430 e. The van der Waals surface area contributed by atoms with Crippen LogP contribution in [0.1, 0.15) is 13.8 Å². The minimum absolute atomic E-state index is 0.0276. The fourth-order valence-corrected chi connectivity index (χ4v) is 1.45. The van der Waals surface area contributed by atoms with Crippen LogP contribution in [0.4, 0.5) is 13.2 Å². The first kappa shape index (κ1) is 13.3. The highest BCUT2D eigenvalue weighted by Gasteiger charge is 2.48. The number of alkyl halides is 3. The molecule has 17 heavy (non-hydrogen) atoms. The van der Waals surface area contributed by atoms with Crippen molar-refractivity contribution in [3.05, 3.63) is 35.1 Å². The van der Waals surface area contributed by atoms with Crippen molar-refractivity contribution in [2.24, 2.45) is 0 Å². The minimum atomic E-state index is -4.75. The van der Waals surface area contributed by atoms with Gasteiger partial charge < -0.3 is 9.84 Å². The highest BCUT2D eigenvalue weighted by molar-refractivity contribution is 5.89. The molecule has 0 saturated heterocycles. The van der Waals surface area contributed by atoms with E-state index in [0.29, 0.717) is 5.57 Å². The van der Waals surface area contributed by atoms with Crippen molar-refractivity contribution in [3.8, 4) is 0 Å². The maximum absolute atomic E-state index is 12.6. The molecule has 0 aromatic heterocycles. The van der Waals surface area contributed by atoms with E-state index in [-0.39, 0.29) is 5.76 Å². The molecule has 6 heteroatoms. The van der Waals surface area contributed by atoms with Crippen LogP contribution in [-0.2, 0) is 9.53 Å². The van der Waals surface area contributed by atoms with E-state index < -0.39 is 23.8 Å². The van der Waals surface area contributed by atoms with Gasteiger partial charge in [-0.25, -0.2) is 4.79 Å². The summed E-state index contributed by atoms with van der Waals surface area (Å²) in [7, 11) is 0. The zero-order valence-corrected chi connectivity index (χ0v) is 9.21. The lowest BCUT2D eigenvalue weighted by molar-refractivity contribution is -0.200. The quantitative estimate of drug-likeness (QED) is 0.776. The second-order valence-corrected chi connectivity index (χ2v) is 3.34. The van der Waals surface area contributed by atoms with Gasteiger partial charge in [0, 0.05) is 5.57 Å². The zero-order valence-electron chi connectivity index (χ0n) is 9.21. The third kappa shape index (κ3) is 2.69. The van der Waals surface area contributed by atoms with Gasteiger partial charge >= 0.3 is 12.1 Å². The topological polar surface area (TPSA) is 46.5 Å². The summed E-state index contributed by atoms with van der Waals surface area (Å²) in [5.74, 6) is -1.61. The van der Waals surface area contributed by atoms with Crippen molar-refractivity contribution >= 4 is 5.97 Å². The lowest BCUT2D eigenvalue weighted by Gasteiger charge is -2.28. The molecule has 1 heterocycles. The van der Waals surface area contributed by atoms with E-state index in [1.807, 2.05) is 0 Å². The monoisotopic (exact) mass is 248 g/mol. The second kappa shape index (κ2) is 4.65. The fraction of sp³-hybridized carbons (Fsp3) is 0.364. The molecular weight excluding hydrogens is 237 g/mol. The molecule has 1 N–H and O–H groups in total. The molecule has 1 rings (SSSR count). The Labute approximate surface area is 95.9 Å². The average molecular weight is 248 g/mol. The summed E-state index contributed by atoms with van der Waals surface area (Å²) in [5, 5.41) is 8.75. The van der Waals surface area contributed by atoms with Crippen LogP contribution in [0.3, 0.4) is 0 Å². The predicted octanol–water partition coefficient (Wildman–Crippen LogP) is 2.81. The van der Waals surface area contributed by atoms with Gasteiger partial charge in [-0.15, -0.1) is 0 Å². The van der Waals surface area contributed by atoms with E-state index in [1.165, 1.54) is 19.1 Å². The molecule has 0 radical (unpaired) electrons. The van der Waals surface area contributed by atoms with Crippen molar-refractivity contribution in [1.82, 2.24) is 0 Å². The molecule has 1 aliphatic heterocycles. The summed E-state index contributed by atoms with van der Waals surface area (Å²) in [6.07, 6.45) is -3.33. The number of allylic oxidation sites excluding steroid dienone is 3. The molecule has 0 fully saturated rings. The molecule has 0 saturated carbocycles. The van der Waals surface area contributed by atoms with Crippen LogP contribution in [0.25, 0.3) is 0 Å². The highest BCUT2D eigenvalue weighted by atomic mass is 19.4. The van der Waals surface area contributed by atoms with E-state index in [4.69, 9.17) is 9.84 Å². The number of aliphatic carboxylic acids is 1. The average Bonchev–Trinajstić information content (AvgIpc) is 2.25. The van der Waals surface area contributed by atoms with Crippen molar-refractivity contribution in [2.45, 2.75) is 26.1 Å². The van der Waals surface area contributed by atoms with Gasteiger partial charge in [0.15, 0.2) is 0 Å². The van der Waals surface area contributed by atoms with Crippen LogP contribution in [0.2, 0.25) is 0 Å². The summed E-state index contributed by atoms with van der Waals surface area (Å²) in [4.78, 5) is 10.8. The highest BCUT2D eigenvalue weighted by Crippen LogP contribution is 2.36. The summed E-state index contributed by atoms with van der Waals surface area (Å²) >= 11 is 0.